The predicted octanol–water partition coefficient (Wildman–Crippen LogP) is 3.76. The summed E-state index contributed by atoms with van der Waals surface area (Å²) >= 11 is 0. The summed E-state index contributed by atoms with van der Waals surface area (Å²) in [5.41, 5.74) is -3.53. The van der Waals surface area contributed by atoms with Crippen LogP contribution in [-0.4, -0.2) is 16.6 Å². The quantitative estimate of drug-likeness (QED) is 0.707. The van der Waals surface area contributed by atoms with Gasteiger partial charge in [-0.3, -0.25) is 0 Å². The van der Waals surface area contributed by atoms with E-state index in [0.29, 0.717) is 11.5 Å². The lowest BCUT2D eigenvalue weighted by atomic mass is 9.59. The van der Waals surface area contributed by atoms with E-state index in [0.717, 1.165) is 0 Å². The first-order valence-electron chi connectivity index (χ1n) is 7.63. The van der Waals surface area contributed by atoms with Crippen LogP contribution in [0.15, 0.2) is 11.5 Å². The van der Waals surface area contributed by atoms with Gasteiger partial charge in [-0.25, -0.2) is 0 Å². The van der Waals surface area contributed by atoms with Crippen LogP contribution >= 0.6 is 0 Å². The van der Waals surface area contributed by atoms with Gasteiger partial charge in [0, 0.05) is 12.8 Å². The molecular weight excluding hydrogens is 336 g/mol. The largest absolute Gasteiger partial charge is 0.545 e. The average molecular weight is 359 g/mol. The molecule has 0 bridgehead atoms. The first kappa shape index (κ1) is 19.8. The summed E-state index contributed by atoms with van der Waals surface area (Å²) in [6.07, 6.45) is -0.212. The maximum Gasteiger partial charge on any atom is 0.241 e. The van der Waals surface area contributed by atoms with Crippen LogP contribution in [0, 0.1) is 56.2 Å². The van der Waals surface area contributed by atoms with Gasteiger partial charge in [-0.05, 0) is 39.3 Å². The fourth-order valence-corrected chi connectivity index (χ4v) is 4.35. The van der Waals surface area contributed by atoms with E-state index in [1.165, 1.54) is 0 Å². The van der Waals surface area contributed by atoms with Crippen molar-refractivity contribution in [1.82, 2.24) is 0 Å². The molecule has 24 heavy (non-hydrogen) atoms. The van der Waals surface area contributed by atoms with Crippen LogP contribution in [0.2, 0.25) is 39.3 Å². The molecule has 8 heteroatoms. The zero-order valence-corrected chi connectivity index (χ0v) is 17.0. The van der Waals surface area contributed by atoms with Gasteiger partial charge in [-0.1, -0.05) is 0 Å². The van der Waals surface area contributed by atoms with E-state index in [4.69, 9.17) is 8.85 Å². The maximum absolute atomic E-state index is 9.60. The fourth-order valence-electron chi connectivity index (χ4n) is 2.50. The van der Waals surface area contributed by atoms with Crippen molar-refractivity contribution in [2.45, 2.75) is 52.1 Å². The Labute approximate surface area is 145 Å². The molecule has 0 aromatic carbocycles. The van der Waals surface area contributed by atoms with E-state index in [-0.39, 0.29) is 12.8 Å². The molecule has 1 aliphatic rings. The topological polar surface area (TPSA) is 114 Å². The highest BCUT2D eigenvalue weighted by Crippen LogP contribution is 2.52. The monoisotopic (exact) mass is 358 g/mol. The third-order valence-corrected chi connectivity index (χ3v) is 5.23. The average Bonchev–Trinajstić information content (AvgIpc) is 2.45. The Bertz CT molecular complexity index is 628. The van der Waals surface area contributed by atoms with E-state index in [1.54, 1.807) is 0 Å². The zero-order chi connectivity index (χ0) is 18.8. The number of hydrogen-bond donors (Lipinski definition) is 0. The summed E-state index contributed by atoms with van der Waals surface area (Å²) in [6, 6.07) is 7.64. The minimum Gasteiger partial charge on any atom is -0.545 e. The summed E-state index contributed by atoms with van der Waals surface area (Å²) in [4.78, 5) is 0. The second kappa shape index (κ2) is 6.32. The highest BCUT2D eigenvalue weighted by Gasteiger charge is 2.59. The summed E-state index contributed by atoms with van der Waals surface area (Å²) in [5.74, 6) is 0.890. The van der Waals surface area contributed by atoms with Gasteiger partial charge in [-0.15, -0.1) is 0 Å². The van der Waals surface area contributed by atoms with E-state index in [9.17, 15) is 21.0 Å². The molecule has 0 spiro atoms. The minimum atomic E-state index is -2.02. The van der Waals surface area contributed by atoms with Gasteiger partial charge < -0.3 is 8.85 Å². The number of nitriles is 4. The highest BCUT2D eigenvalue weighted by atomic mass is 28.4. The smallest absolute Gasteiger partial charge is 0.241 e. The second-order valence-corrected chi connectivity index (χ2v) is 16.7. The van der Waals surface area contributed by atoms with Crippen LogP contribution in [0.5, 0.6) is 0 Å². The van der Waals surface area contributed by atoms with Crippen LogP contribution in [0.1, 0.15) is 12.8 Å². The molecule has 0 saturated carbocycles. The lowest BCUT2D eigenvalue weighted by Crippen LogP contribution is -2.45. The lowest BCUT2D eigenvalue weighted by molar-refractivity contribution is 0.178. The SMILES string of the molecule is C[Si](C)(C)OC1=C(O[Si](C)(C)C)CC(C#N)(C#N)C(C#N)(C#N)C1. The number of rotatable bonds is 4. The van der Waals surface area contributed by atoms with Gasteiger partial charge in [0.1, 0.15) is 11.5 Å². The van der Waals surface area contributed by atoms with Crippen molar-refractivity contribution in [2.24, 2.45) is 10.8 Å². The molecular formula is C16H22N4O2Si2. The van der Waals surface area contributed by atoms with Crippen LogP contribution in [0.3, 0.4) is 0 Å². The Balaban J connectivity index is 3.60. The normalized spacial score (nSPS) is 19.2. The first-order valence-corrected chi connectivity index (χ1v) is 14.4. The molecule has 0 aromatic rings. The third-order valence-electron chi connectivity index (χ3n) is 3.51. The van der Waals surface area contributed by atoms with Crippen LogP contribution in [0.4, 0.5) is 0 Å². The Kier molecular flexibility index (Phi) is 5.21. The molecule has 0 saturated heterocycles. The summed E-state index contributed by atoms with van der Waals surface area (Å²) in [6.45, 7) is 11.9. The second-order valence-electron chi connectivity index (χ2n) is 7.89. The summed E-state index contributed by atoms with van der Waals surface area (Å²) in [5, 5.41) is 38.4. The Morgan fingerprint density at radius 3 is 1.08 bits per heavy atom. The molecule has 1 aliphatic carbocycles. The van der Waals surface area contributed by atoms with Crippen molar-refractivity contribution in [1.29, 1.82) is 21.0 Å². The van der Waals surface area contributed by atoms with Crippen molar-refractivity contribution in [3.8, 4) is 24.3 Å². The van der Waals surface area contributed by atoms with Crippen LogP contribution in [0.25, 0.3) is 0 Å². The molecule has 0 aromatic heterocycles. The Hall–Kier alpha value is -2.27. The predicted molar refractivity (Wildman–Crippen MR) is 92.4 cm³/mol. The number of allylic oxidation sites excluding steroid dienone is 2. The Morgan fingerprint density at radius 2 is 0.917 bits per heavy atom. The van der Waals surface area contributed by atoms with E-state index in [1.807, 2.05) is 63.6 Å². The Morgan fingerprint density at radius 1 is 0.667 bits per heavy atom. The number of nitrogens with zero attached hydrogens (tertiary/aromatic N) is 4. The van der Waals surface area contributed by atoms with Gasteiger partial charge in [-0.2, -0.15) is 21.0 Å². The molecule has 0 unspecified atom stereocenters. The van der Waals surface area contributed by atoms with Gasteiger partial charge in [0.15, 0.2) is 10.8 Å². The van der Waals surface area contributed by atoms with Gasteiger partial charge in [0.05, 0.1) is 24.3 Å². The van der Waals surface area contributed by atoms with Crippen molar-refractivity contribution in [3.63, 3.8) is 0 Å². The van der Waals surface area contributed by atoms with Crippen LogP contribution in [-0.2, 0) is 8.85 Å². The van der Waals surface area contributed by atoms with Gasteiger partial charge in [0.25, 0.3) is 0 Å². The summed E-state index contributed by atoms with van der Waals surface area (Å²) < 4.78 is 12.1. The van der Waals surface area contributed by atoms with E-state index in [2.05, 4.69) is 0 Å². The maximum atomic E-state index is 9.60. The highest BCUT2D eigenvalue weighted by molar-refractivity contribution is 6.70. The van der Waals surface area contributed by atoms with Gasteiger partial charge >= 0.3 is 0 Å². The molecule has 6 nitrogen and oxygen atoms in total. The van der Waals surface area contributed by atoms with Crippen molar-refractivity contribution >= 4 is 16.6 Å². The third kappa shape index (κ3) is 3.79. The zero-order valence-electron chi connectivity index (χ0n) is 15.0. The summed E-state index contributed by atoms with van der Waals surface area (Å²) in [7, 11) is -4.05. The minimum absolute atomic E-state index is 0.106. The van der Waals surface area contributed by atoms with E-state index >= 15 is 0 Å². The molecule has 0 atom stereocenters. The fraction of sp³-hybridized carbons (Fsp3) is 0.625. The molecule has 0 radical (unpaired) electrons. The molecule has 0 N–H and O–H groups in total. The van der Waals surface area contributed by atoms with Crippen molar-refractivity contribution < 1.29 is 8.85 Å². The van der Waals surface area contributed by atoms with Gasteiger partial charge in [0.2, 0.25) is 16.6 Å². The standard InChI is InChI=1S/C16H22N4O2Si2/c1-23(2,3)21-13-7-15(9-17,10-18)16(11-19,12-20)8-14(13)22-24(4,5)6/h7-8H2,1-6H3. The molecule has 1 rings (SSSR count). The molecule has 0 heterocycles. The molecule has 0 fully saturated rings. The van der Waals surface area contributed by atoms with Crippen LogP contribution < -0.4 is 0 Å². The molecule has 0 amide bonds. The van der Waals surface area contributed by atoms with E-state index < -0.39 is 27.5 Å². The van der Waals surface area contributed by atoms with Crippen molar-refractivity contribution in [3.05, 3.63) is 11.5 Å². The molecule has 126 valence electrons. The lowest BCUT2D eigenvalue weighted by Gasteiger charge is -2.40. The first-order chi connectivity index (χ1) is 10.9. The molecule has 0 aliphatic heterocycles. The van der Waals surface area contributed by atoms with Crippen molar-refractivity contribution in [2.75, 3.05) is 0 Å². The number of hydrogen-bond acceptors (Lipinski definition) is 6.